The number of benzene rings is 4. The molecule has 0 bridgehead atoms. The number of para-hydroxylation sites is 2. The average Bonchev–Trinajstić information content (AvgIpc) is 3.83. The van der Waals surface area contributed by atoms with Gasteiger partial charge < -0.3 is 13.9 Å². The third kappa shape index (κ3) is 3.39. The summed E-state index contributed by atoms with van der Waals surface area (Å²) in [7, 11) is 0. The van der Waals surface area contributed by atoms with E-state index in [-0.39, 0.29) is 0 Å². The highest BCUT2D eigenvalue weighted by Gasteiger charge is 2.52. The molecule has 1 aliphatic carbocycles. The van der Waals surface area contributed by atoms with Crippen LogP contribution in [0.4, 0.5) is 0 Å². The van der Waals surface area contributed by atoms with Gasteiger partial charge in [0.25, 0.3) is 0 Å². The van der Waals surface area contributed by atoms with Gasteiger partial charge in [0.05, 0.1) is 51.3 Å². The van der Waals surface area contributed by atoms with Crippen LogP contribution in [0.5, 0.6) is 11.5 Å². The van der Waals surface area contributed by atoms with E-state index in [0.29, 0.717) is 0 Å². The minimum Gasteiger partial charge on any atom is -0.457 e. The molecule has 0 saturated heterocycles. The Balaban J connectivity index is 1.20. The van der Waals surface area contributed by atoms with Crippen LogP contribution >= 0.6 is 0 Å². The van der Waals surface area contributed by atoms with Gasteiger partial charge in [-0.1, -0.05) is 48.5 Å². The lowest BCUT2D eigenvalue weighted by molar-refractivity contribution is 0.436. The largest absolute Gasteiger partial charge is 0.457 e. The van der Waals surface area contributed by atoms with Crippen LogP contribution < -0.4 is 4.74 Å². The summed E-state index contributed by atoms with van der Waals surface area (Å²) in [5.41, 5.74) is 11.6. The van der Waals surface area contributed by atoms with Crippen molar-refractivity contribution in [3.05, 3.63) is 181 Å². The summed E-state index contributed by atoms with van der Waals surface area (Å²) in [4.78, 5) is 19.0. The third-order valence-corrected chi connectivity index (χ3v) is 11.1. The van der Waals surface area contributed by atoms with Gasteiger partial charge >= 0.3 is 0 Å². The van der Waals surface area contributed by atoms with Crippen LogP contribution in [0, 0.1) is 0 Å². The zero-order valence-electron chi connectivity index (χ0n) is 27.6. The van der Waals surface area contributed by atoms with Gasteiger partial charge in [0.2, 0.25) is 0 Å². The number of ether oxygens (including phenoxy) is 1. The highest BCUT2D eigenvalue weighted by molar-refractivity contribution is 6.10. The van der Waals surface area contributed by atoms with E-state index < -0.39 is 5.41 Å². The Kier molecular flexibility index (Phi) is 5.32. The van der Waals surface area contributed by atoms with E-state index in [2.05, 4.69) is 128 Å². The van der Waals surface area contributed by atoms with E-state index in [1.165, 1.54) is 10.8 Å². The molecule has 7 nitrogen and oxygen atoms in total. The van der Waals surface area contributed by atoms with Crippen molar-refractivity contribution in [2.45, 2.75) is 5.41 Å². The summed E-state index contributed by atoms with van der Waals surface area (Å²) in [5, 5.41) is 4.69. The molecule has 0 fully saturated rings. The van der Waals surface area contributed by atoms with Gasteiger partial charge in [-0.15, -0.1) is 0 Å². The Bertz CT molecular complexity index is 2820. The van der Waals surface area contributed by atoms with E-state index >= 15 is 0 Å². The molecule has 0 unspecified atom stereocenters. The van der Waals surface area contributed by atoms with Crippen LogP contribution in [-0.2, 0) is 5.41 Å². The van der Waals surface area contributed by atoms with Gasteiger partial charge in [0, 0.05) is 68.8 Å². The zero-order chi connectivity index (χ0) is 34.0. The molecule has 10 aromatic rings. The quantitative estimate of drug-likeness (QED) is 0.184. The molecule has 0 N–H and O–H groups in total. The summed E-state index contributed by atoms with van der Waals surface area (Å²) in [6.07, 6.45) is 11.4. The van der Waals surface area contributed by atoms with Crippen LogP contribution in [0.2, 0.25) is 0 Å². The van der Waals surface area contributed by atoms with Crippen LogP contribution in [0.1, 0.15) is 22.3 Å². The first-order valence-corrected chi connectivity index (χ1v) is 17.4. The molecule has 0 saturated carbocycles. The first-order chi connectivity index (χ1) is 25.8. The van der Waals surface area contributed by atoms with E-state index in [0.717, 1.165) is 89.4 Å². The maximum Gasteiger partial charge on any atom is 0.132 e. The van der Waals surface area contributed by atoms with Crippen molar-refractivity contribution >= 4 is 43.6 Å². The van der Waals surface area contributed by atoms with Gasteiger partial charge in [0.15, 0.2) is 0 Å². The molecule has 52 heavy (non-hydrogen) atoms. The van der Waals surface area contributed by atoms with E-state index in [9.17, 15) is 0 Å². The molecule has 1 spiro atoms. The highest BCUT2D eigenvalue weighted by atomic mass is 16.5. The minimum atomic E-state index is -0.768. The molecule has 0 atom stereocenters. The smallest absolute Gasteiger partial charge is 0.132 e. The van der Waals surface area contributed by atoms with Crippen molar-refractivity contribution < 1.29 is 4.74 Å². The number of pyridine rings is 4. The summed E-state index contributed by atoms with van der Waals surface area (Å²) in [6, 6.07) is 42.9. The summed E-state index contributed by atoms with van der Waals surface area (Å²) >= 11 is 0. The Labute approximate surface area is 297 Å². The summed E-state index contributed by atoms with van der Waals surface area (Å²) in [6.45, 7) is 0. The number of hydrogen-bond donors (Lipinski definition) is 0. The Morgan fingerprint density at radius 3 is 1.42 bits per heavy atom. The molecule has 0 amide bonds. The fraction of sp³-hybridized carbons (Fsp3) is 0.0222. The second kappa shape index (κ2) is 9.99. The molecule has 2 aliphatic rings. The number of aromatic nitrogens is 6. The van der Waals surface area contributed by atoms with Crippen LogP contribution in [-0.4, -0.2) is 29.1 Å². The minimum absolute atomic E-state index is 0.768. The second-order valence-corrected chi connectivity index (χ2v) is 13.5. The first kappa shape index (κ1) is 27.7. The predicted molar refractivity (Wildman–Crippen MR) is 204 cm³/mol. The molecular formula is C45H26N6O. The lowest BCUT2D eigenvalue weighted by atomic mass is 9.66. The van der Waals surface area contributed by atoms with Crippen molar-refractivity contribution in [3.8, 4) is 34.3 Å². The van der Waals surface area contributed by atoms with Gasteiger partial charge in [-0.05, 0) is 83.9 Å². The lowest BCUT2D eigenvalue weighted by Crippen LogP contribution is -2.32. The van der Waals surface area contributed by atoms with E-state index in [1.54, 1.807) is 0 Å². The molecule has 7 heterocycles. The van der Waals surface area contributed by atoms with Crippen molar-refractivity contribution in [3.63, 3.8) is 0 Å². The number of rotatable bonds is 2. The number of fused-ring (bicyclic) bond motifs is 15. The number of nitrogens with zero attached hydrogens (tertiary/aromatic N) is 6. The molecule has 0 radical (unpaired) electrons. The van der Waals surface area contributed by atoms with Crippen molar-refractivity contribution in [2.24, 2.45) is 0 Å². The van der Waals surface area contributed by atoms with Gasteiger partial charge in [-0.3, -0.25) is 19.9 Å². The standard InChI is InChI=1S/C45H26N6O/c1-3-11-37-29(7-1)31-17-21-46-25-39(31)50(37)27-13-15-41-35(23-27)45(33-9-5-19-48-43(33)44-34(45)10-6-20-49-44)36-24-28(14-16-42(36)52-41)51-38-12-4-2-8-30(38)32-18-22-47-26-40(32)51/h1-26H. The zero-order valence-corrected chi connectivity index (χ0v) is 27.6. The van der Waals surface area contributed by atoms with Crippen LogP contribution in [0.3, 0.4) is 0 Å². The molecule has 12 rings (SSSR count). The third-order valence-electron chi connectivity index (χ3n) is 11.1. The van der Waals surface area contributed by atoms with E-state index in [1.807, 2.05) is 49.3 Å². The molecule has 1 aliphatic heterocycles. The van der Waals surface area contributed by atoms with Crippen molar-refractivity contribution in [1.29, 1.82) is 0 Å². The molecular weight excluding hydrogens is 641 g/mol. The SMILES string of the molecule is c1cnc2c(c1)C1(c3cc(-n4c5ccccc5c5ccncc54)ccc3Oc3ccc(-n4c5ccccc5c5ccncc54)cc31)c1cccnc1-2. The predicted octanol–water partition coefficient (Wildman–Crippen LogP) is 9.93. The highest BCUT2D eigenvalue weighted by Crippen LogP contribution is 2.61. The maximum atomic E-state index is 6.90. The Morgan fingerprint density at radius 2 is 0.904 bits per heavy atom. The topological polar surface area (TPSA) is 70.7 Å². The fourth-order valence-electron chi connectivity index (χ4n) is 9.05. The van der Waals surface area contributed by atoms with E-state index in [4.69, 9.17) is 14.7 Å². The maximum absolute atomic E-state index is 6.90. The van der Waals surface area contributed by atoms with Crippen molar-refractivity contribution in [2.75, 3.05) is 0 Å². The van der Waals surface area contributed by atoms with Crippen LogP contribution in [0.15, 0.2) is 159 Å². The fourth-order valence-corrected chi connectivity index (χ4v) is 9.05. The Hall–Kier alpha value is -7.12. The van der Waals surface area contributed by atoms with Crippen molar-refractivity contribution in [1.82, 2.24) is 29.1 Å². The monoisotopic (exact) mass is 666 g/mol. The molecule has 7 heteroatoms. The molecule has 4 aromatic carbocycles. The second-order valence-electron chi connectivity index (χ2n) is 13.5. The normalized spacial score (nSPS) is 13.7. The Morgan fingerprint density at radius 1 is 0.423 bits per heavy atom. The van der Waals surface area contributed by atoms with Gasteiger partial charge in [-0.25, -0.2) is 0 Å². The lowest BCUT2D eigenvalue weighted by Gasteiger charge is -2.39. The van der Waals surface area contributed by atoms with Crippen LogP contribution in [0.25, 0.3) is 66.4 Å². The van der Waals surface area contributed by atoms with Gasteiger partial charge in [0.1, 0.15) is 11.5 Å². The molecule has 6 aromatic heterocycles. The molecule has 242 valence electrons. The summed E-state index contributed by atoms with van der Waals surface area (Å²) in [5.74, 6) is 1.60. The number of hydrogen-bond acceptors (Lipinski definition) is 5. The first-order valence-electron chi connectivity index (χ1n) is 17.4. The average molecular weight is 667 g/mol. The summed E-state index contributed by atoms with van der Waals surface area (Å²) < 4.78 is 11.5. The van der Waals surface area contributed by atoms with Gasteiger partial charge in [-0.2, -0.15) is 0 Å².